The van der Waals surface area contributed by atoms with Crippen LogP contribution in [0, 0.1) is 0 Å². The molecule has 3 aromatic rings. The van der Waals surface area contributed by atoms with Gasteiger partial charge in [0.25, 0.3) is 0 Å². The molecule has 0 saturated heterocycles. The van der Waals surface area contributed by atoms with E-state index < -0.39 is 0 Å². The Kier molecular flexibility index (Phi) is 2.57. The van der Waals surface area contributed by atoms with Gasteiger partial charge in [0.05, 0.1) is 5.56 Å². The summed E-state index contributed by atoms with van der Waals surface area (Å²) in [6.07, 6.45) is 2.60. The fourth-order valence-electron chi connectivity index (χ4n) is 1.82. The number of carbonyl (C=O) groups is 1. The van der Waals surface area contributed by atoms with E-state index in [2.05, 4.69) is 10.2 Å². The number of halogens is 1. The summed E-state index contributed by atoms with van der Waals surface area (Å²) in [5.74, 6) is 0.686. The predicted octanol–water partition coefficient (Wildman–Crippen LogP) is 2.86. The molecule has 2 heterocycles. The number of pyridine rings is 1. The van der Waals surface area contributed by atoms with Crippen LogP contribution in [-0.2, 0) is 0 Å². The molecule has 0 aliphatic heterocycles. The van der Waals surface area contributed by atoms with Crippen LogP contribution in [0.15, 0.2) is 42.6 Å². The van der Waals surface area contributed by atoms with Crippen LogP contribution in [0.1, 0.15) is 10.4 Å². The van der Waals surface area contributed by atoms with Crippen molar-refractivity contribution >= 4 is 23.5 Å². The Morgan fingerprint density at radius 1 is 1.11 bits per heavy atom. The Morgan fingerprint density at radius 2 is 1.89 bits per heavy atom. The average molecular weight is 258 g/mol. The zero-order chi connectivity index (χ0) is 12.5. The summed E-state index contributed by atoms with van der Waals surface area (Å²) in [4.78, 5) is 10.9. The lowest BCUT2D eigenvalue weighted by Crippen LogP contribution is -1.92. The second kappa shape index (κ2) is 4.23. The van der Waals surface area contributed by atoms with E-state index in [0.29, 0.717) is 22.1 Å². The lowest BCUT2D eigenvalue weighted by molar-refractivity contribution is 0.112. The van der Waals surface area contributed by atoms with E-state index in [9.17, 15) is 4.79 Å². The summed E-state index contributed by atoms with van der Waals surface area (Å²) in [5, 5.41) is 8.82. The minimum atomic E-state index is 0.519. The number of benzene rings is 1. The van der Waals surface area contributed by atoms with Crippen LogP contribution in [0.5, 0.6) is 0 Å². The van der Waals surface area contributed by atoms with Gasteiger partial charge in [-0.15, -0.1) is 10.2 Å². The first-order valence-corrected chi connectivity index (χ1v) is 5.72. The van der Waals surface area contributed by atoms with Crippen LogP contribution in [0.25, 0.3) is 17.0 Å². The van der Waals surface area contributed by atoms with Crippen molar-refractivity contribution in [2.24, 2.45) is 0 Å². The lowest BCUT2D eigenvalue weighted by Gasteiger charge is -2.00. The van der Waals surface area contributed by atoms with E-state index in [0.717, 1.165) is 11.8 Å². The number of aldehydes is 1. The standard InChI is InChI=1S/C13H8ClN3O/c14-11-5-3-9(4-6-11)12-15-16-13-10(8-18)2-1-7-17(12)13/h1-8H. The lowest BCUT2D eigenvalue weighted by atomic mass is 10.2. The van der Waals surface area contributed by atoms with E-state index in [1.54, 1.807) is 28.7 Å². The van der Waals surface area contributed by atoms with Crippen molar-refractivity contribution in [2.45, 2.75) is 0 Å². The normalized spacial score (nSPS) is 10.7. The second-order valence-corrected chi connectivity index (χ2v) is 4.24. The van der Waals surface area contributed by atoms with Crippen molar-refractivity contribution in [1.82, 2.24) is 14.6 Å². The van der Waals surface area contributed by atoms with Crippen molar-refractivity contribution in [1.29, 1.82) is 0 Å². The molecule has 0 N–H and O–H groups in total. The molecule has 1 aromatic carbocycles. The van der Waals surface area contributed by atoms with Gasteiger partial charge >= 0.3 is 0 Å². The van der Waals surface area contributed by atoms with Gasteiger partial charge in [0.1, 0.15) is 0 Å². The number of hydrogen-bond donors (Lipinski definition) is 0. The summed E-state index contributed by atoms with van der Waals surface area (Å²) in [6, 6.07) is 10.8. The Balaban J connectivity index is 2.24. The Hall–Kier alpha value is -2.20. The van der Waals surface area contributed by atoms with Gasteiger partial charge in [-0.2, -0.15) is 0 Å². The van der Waals surface area contributed by atoms with Crippen LogP contribution in [0.2, 0.25) is 5.02 Å². The molecule has 0 spiro atoms. The first-order valence-electron chi connectivity index (χ1n) is 5.34. The fourth-order valence-corrected chi connectivity index (χ4v) is 1.95. The Morgan fingerprint density at radius 3 is 2.61 bits per heavy atom. The predicted molar refractivity (Wildman–Crippen MR) is 68.8 cm³/mol. The summed E-state index contributed by atoms with van der Waals surface area (Å²) in [6.45, 7) is 0. The Bertz CT molecular complexity index is 719. The van der Waals surface area contributed by atoms with Crippen molar-refractivity contribution < 1.29 is 4.79 Å². The van der Waals surface area contributed by atoms with E-state index in [1.807, 2.05) is 18.3 Å². The van der Waals surface area contributed by atoms with Gasteiger partial charge in [-0.05, 0) is 36.4 Å². The van der Waals surface area contributed by atoms with Crippen molar-refractivity contribution in [2.75, 3.05) is 0 Å². The van der Waals surface area contributed by atoms with Crippen molar-refractivity contribution in [3.63, 3.8) is 0 Å². The number of nitrogens with zero attached hydrogens (tertiary/aromatic N) is 3. The van der Waals surface area contributed by atoms with Crippen LogP contribution in [0.4, 0.5) is 0 Å². The van der Waals surface area contributed by atoms with E-state index >= 15 is 0 Å². The molecule has 4 nitrogen and oxygen atoms in total. The van der Waals surface area contributed by atoms with Gasteiger partial charge in [0, 0.05) is 16.8 Å². The molecule has 88 valence electrons. The van der Waals surface area contributed by atoms with E-state index in [1.165, 1.54) is 0 Å². The minimum absolute atomic E-state index is 0.519. The number of carbonyl (C=O) groups excluding carboxylic acids is 1. The van der Waals surface area contributed by atoms with Gasteiger partial charge in [-0.1, -0.05) is 11.6 Å². The molecular formula is C13H8ClN3O. The molecule has 0 unspecified atom stereocenters. The summed E-state index contributed by atoms with van der Waals surface area (Å²) in [7, 11) is 0. The van der Waals surface area contributed by atoms with Gasteiger partial charge < -0.3 is 0 Å². The largest absolute Gasteiger partial charge is 0.298 e. The highest BCUT2D eigenvalue weighted by molar-refractivity contribution is 6.30. The molecule has 0 radical (unpaired) electrons. The minimum Gasteiger partial charge on any atom is -0.298 e. The van der Waals surface area contributed by atoms with Crippen LogP contribution >= 0.6 is 11.6 Å². The number of hydrogen-bond acceptors (Lipinski definition) is 3. The molecule has 3 rings (SSSR count). The molecule has 0 amide bonds. The second-order valence-electron chi connectivity index (χ2n) is 3.81. The van der Waals surface area contributed by atoms with Gasteiger partial charge in [0.2, 0.25) is 0 Å². The molecule has 2 aromatic heterocycles. The van der Waals surface area contributed by atoms with Gasteiger partial charge in [-0.3, -0.25) is 9.20 Å². The third-order valence-electron chi connectivity index (χ3n) is 2.69. The summed E-state index contributed by atoms with van der Waals surface area (Å²) >= 11 is 5.85. The fraction of sp³-hybridized carbons (Fsp3) is 0. The van der Waals surface area contributed by atoms with Crippen LogP contribution in [0.3, 0.4) is 0 Å². The maximum Gasteiger partial charge on any atom is 0.171 e. The first-order chi connectivity index (χ1) is 8.79. The Labute approximate surface area is 108 Å². The van der Waals surface area contributed by atoms with Gasteiger partial charge in [-0.25, -0.2) is 0 Å². The van der Waals surface area contributed by atoms with Crippen molar-refractivity contribution in [3.8, 4) is 11.4 Å². The topological polar surface area (TPSA) is 47.3 Å². The number of aromatic nitrogens is 3. The summed E-state index contributed by atoms with van der Waals surface area (Å²) < 4.78 is 1.78. The van der Waals surface area contributed by atoms with E-state index in [-0.39, 0.29) is 0 Å². The average Bonchev–Trinajstić information content (AvgIpc) is 2.83. The molecule has 0 atom stereocenters. The third-order valence-corrected chi connectivity index (χ3v) is 2.95. The zero-order valence-electron chi connectivity index (χ0n) is 9.25. The van der Waals surface area contributed by atoms with Crippen LogP contribution in [-0.4, -0.2) is 20.9 Å². The number of rotatable bonds is 2. The smallest absolute Gasteiger partial charge is 0.171 e. The highest BCUT2D eigenvalue weighted by Crippen LogP contribution is 2.21. The first kappa shape index (κ1) is 10.9. The molecule has 0 aliphatic rings. The molecule has 5 heteroatoms. The third kappa shape index (κ3) is 1.67. The van der Waals surface area contributed by atoms with E-state index in [4.69, 9.17) is 11.6 Å². The molecule has 0 aliphatic carbocycles. The molecule has 18 heavy (non-hydrogen) atoms. The molecule has 0 bridgehead atoms. The summed E-state index contributed by atoms with van der Waals surface area (Å²) in [5.41, 5.74) is 1.97. The van der Waals surface area contributed by atoms with Crippen LogP contribution < -0.4 is 0 Å². The molecule has 0 saturated carbocycles. The maximum atomic E-state index is 10.9. The zero-order valence-corrected chi connectivity index (χ0v) is 10.0. The monoisotopic (exact) mass is 257 g/mol. The highest BCUT2D eigenvalue weighted by Gasteiger charge is 2.10. The maximum absolute atomic E-state index is 10.9. The number of fused-ring (bicyclic) bond motifs is 1. The highest BCUT2D eigenvalue weighted by atomic mass is 35.5. The van der Waals surface area contributed by atoms with Crippen molar-refractivity contribution in [3.05, 3.63) is 53.2 Å². The molecule has 0 fully saturated rings. The van der Waals surface area contributed by atoms with Gasteiger partial charge in [0.15, 0.2) is 17.8 Å². The molecular weight excluding hydrogens is 250 g/mol. The SMILES string of the molecule is O=Cc1cccn2c(-c3ccc(Cl)cc3)nnc12. The quantitative estimate of drug-likeness (QED) is 0.663.